The van der Waals surface area contributed by atoms with Crippen molar-refractivity contribution >= 4 is 12.0 Å². The van der Waals surface area contributed by atoms with Crippen molar-refractivity contribution in [1.82, 2.24) is 15.0 Å². The molecular weight excluding hydrogens is 334 g/mol. The van der Waals surface area contributed by atoms with Gasteiger partial charge in [0.2, 0.25) is 5.76 Å². The Bertz CT molecular complexity index is 769. The zero-order valence-electron chi connectivity index (χ0n) is 14.6. The highest BCUT2D eigenvalue weighted by Crippen LogP contribution is 2.35. The molecule has 2 amide bonds. The van der Waals surface area contributed by atoms with Crippen LogP contribution in [0.2, 0.25) is 0 Å². The van der Waals surface area contributed by atoms with Crippen molar-refractivity contribution in [3.05, 3.63) is 53.9 Å². The average molecular weight is 355 g/mol. The zero-order valence-corrected chi connectivity index (χ0v) is 14.6. The van der Waals surface area contributed by atoms with E-state index in [9.17, 15) is 9.59 Å². The summed E-state index contributed by atoms with van der Waals surface area (Å²) in [6.45, 7) is 3.18. The van der Waals surface area contributed by atoms with Gasteiger partial charge in [-0.1, -0.05) is 35.5 Å². The molecule has 2 fully saturated rings. The lowest BCUT2D eigenvalue weighted by atomic mass is 9.98. The van der Waals surface area contributed by atoms with Gasteiger partial charge < -0.3 is 14.2 Å². The minimum atomic E-state index is -0.272. The molecule has 4 rings (SSSR count). The van der Waals surface area contributed by atoms with Crippen molar-refractivity contribution in [3.63, 3.8) is 0 Å². The van der Waals surface area contributed by atoms with Gasteiger partial charge in [0.05, 0.1) is 12.2 Å². The average Bonchev–Trinajstić information content (AvgIpc) is 3.30. The SMILES string of the molecule is C[C@H]1[C@@H](c2ccccc2)OC(=O)N1C1CCN(C(=O)c2ccno2)CC1. The molecule has 2 aromatic rings. The Hall–Kier alpha value is -2.83. The fraction of sp³-hybridized carbons (Fsp3) is 0.421. The lowest BCUT2D eigenvalue weighted by Crippen LogP contribution is -2.49. The number of piperidine rings is 1. The van der Waals surface area contributed by atoms with Gasteiger partial charge in [-0.05, 0) is 25.3 Å². The minimum Gasteiger partial charge on any atom is -0.439 e. The number of rotatable bonds is 3. The molecule has 0 unspecified atom stereocenters. The number of hydrogen-bond donors (Lipinski definition) is 0. The van der Waals surface area contributed by atoms with Crippen LogP contribution in [0.3, 0.4) is 0 Å². The Morgan fingerprint density at radius 2 is 1.88 bits per heavy atom. The number of hydrogen-bond acceptors (Lipinski definition) is 5. The van der Waals surface area contributed by atoms with Crippen LogP contribution < -0.4 is 0 Å². The molecule has 2 aliphatic heterocycles. The van der Waals surface area contributed by atoms with E-state index in [0.717, 1.165) is 18.4 Å². The largest absolute Gasteiger partial charge is 0.439 e. The molecule has 2 aliphatic rings. The predicted octanol–water partition coefficient (Wildman–Crippen LogP) is 2.86. The third-order valence-corrected chi connectivity index (χ3v) is 5.24. The monoisotopic (exact) mass is 355 g/mol. The normalized spacial score (nSPS) is 24.0. The van der Waals surface area contributed by atoms with Gasteiger partial charge in [0.1, 0.15) is 6.10 Å². The maximum absolute atomic E-state index is 12.5. The van der Waals surface area contributed by atoms with E-state index in [1.807, 2.05) is 42.2 Å². The molecule has 0 saturated carbocycles. The maximum atomic E-state index is 12.5. The van der Waals surface area contributed by atoms with Crippen LogP contribution >= 0.6 is 0 Å². The van der Waals surface area contributed by atoms with Crippen LogP contribution in [0.5, 0.6) is 0 Å². The summed E-state index contributed by atoms with van der Waals surface area (Å²) in [5.74, 6) is 0.0988. The highest BCUT2D eigenvalue weighted by Gasteiger charge is 2.44. The van der Waals surface area contributed by atoms with Crippen LogP contribution in [0, 0.1) is 0 Å². The van der Waals surface area contributed by atoms with Crippen LogP contribution in [0.4, 0.5) is 4.79 Å². The zero-order chi connectivity index (χ0) is 18.1. The van der Waals surface area contributed by atoms with Crippen molar-refractivity contribution in [1.29, 1.82) is 0 Å². The first kappa shape index (κ1) is 16.6. The second-order valence-electron chi connectivity index (χ2n) is 6.76. The number of carbonyl (C=O) groups is 2. The molecule has 0 radical (unpaired) electrons. The van der Waals surface area contributed by atoms with Gasteiger partial charge in [0, 0.05) is 25.2 Å². The first-order chi connectivity index (χ1) is 12.6. The number of aromatic nitrogens is 1. The third-order valence-electron chi connectivity index (χ3n) is 5.24. The van der Waals surface area contributed by atoms with Crippen LogP contribution in [0.15, 0.2) is 47.1 Å². The summed E-state index contributed by atoms with van der Waals surface area (Å²) in [7, 11) is 0. The van der Waals surface area contributed by atoms with Crippen LogP contribution in [-0.2, 0) is 4.74 Å². The fourth-order valence-electron chi connectivity index (χ4n) is 3.88. The number of cyclic esters (lactones) is 1. The van der Waals surface area contributed by atoms with Gasteiger partial charge in [-0.25, -0.2) is 4.79 Å². The Kier molecular flexibility index (Phi) is 4.36. The summed E-state index contributed by atoms with van der Waals surface area (Å²) in [5.41, 5.74) is 1.01. The molecule has 26 heavy (non-hydrogen) atoms. The summed E-state index contributed by atoms with van der Waals surface area (Å²) in [6, 6.07) is 11.4. The Morgan fingerprint density at radius 1 is 1.15 bits per heavy atom. The number of ether oxygens (including phenoxy) is 1. The minimum absolute atomic E-state index is 0.0357. The molecule has 3 heterocycles. The van der Waals surface area contributed by atoms with Crippen molar-refractivity contribution in [2.24, 2.45) is 0 Å². The summed E-state index contributed by atoms with van der Waals surface area (Å²) >= 11 is 0. The lowest BCUT2D eigenvalue weighted by molar-refractivity contribution is 0.0601. The molecule has 2 saturated heterocycles. The van der Waals surface area contributed by atoms with E-state index in [-0.39, 0.29) is 35.9 Å². The lowest BCUT2D eigenvalue weighted by Gasteiger charge is -2.37. The van der Waals surface area contributed by atoms with Gasteiger partial charge >= 0.3 is 6.09 Å². The van der Waals surface area contributed by atoms with E-state index in [2.05, 4.69) is 5.16 Å². The molecule has 0 bridgehead atoms. The van der Waals surface area contributed by atoms with Crippen LogP contribution in [0.1, 0.15) is 42.0 Å². The highest BCUT2D eigenvalue weighted by molar-refractivity contribution is 5.91. The van der Waals surface area contributed by atoms with Crippen molar-refractivity contribution in [2.45, 2.75) is 38.0 Å². The molecule has 0 spiro atoms. The van der Waals surface area contributed by atoms with Gasteiger partial charge in [0.25, 0.3) is 5.91 Å². The number of amides is 2. The predicted molar refractivity (Wildman–Crippen MR) is 92.4 cm³/mol. The van der Waals surface area contributed by atoms with E-state index in [0.29, 0.717) is 13.1 Å². The first-order valence-corrected chi connectivity index (χ1v) is 8.89. The van der Waals surface area contributed by atoms with Crippen molar-refractivity contribution < 1.29 is 18.8 Å². The maximum Gasteiger partial charge on any atom is 0.411 e. The Labute approximate surface area is 151 Å². The molecule has 7 nitrogen and oxygen atoms in total. The molecule has 0 N–H and O–H groups in total. The molecule has 1 aromatic heterocycles. The number of benzene rings is 1. The molecule has 2 atom stereocenters. The number of likely N-dealkylation sites (tertiary alicyclic amines) is 1. The second-order valence-corrected chi connectivity index (χ2v) is 6.76. The van der Waals surface area contributed by atoms with E-state index in [1.165, 1.54) is 6.20 Å². The van der Waals surface area contributed by atoms with Crippen molar-refractivity contribution in [2.75, 3.05) is 13.1 Å². The van der Waals surface area contributed by atoms with Gasteiger partial charge in [-0.3, -0.25) is 9.69 Å². The quantitative estimate of drug-likeness (QED) is 0.846. The van der Waals surface area contributed by atoms with Crippen molar-refractivity contribution in [3.8, 4) is 0 Å². The van der Waals surface area contributed by atoms with E-state index < -0.39 is 0 Å². The Morgan fingerprint density at radius 3 is 2.54 bits per heavy atom. The molecular formula is C19H21N3O4. The van der Waals surface area contributed by atoms with Gasteiger partial charge in [-0.15, -0.1) is 0 Å². The summed E-state index contributed by atoms with van der Waals surface area (Å²) in [4.78, 5) is 28.4. The first-order valence-electron chi connectivity index (χ1n) is 8.89. The number of carbonyl (C=O) groups excluding carboxylic acids is 2. The van der Waals surface area contributed by atoms with E-state index in [4.69, 9.17) is 9.26 Å². The summed E-state index contributed by atoms with van der Waals surface area (Å²) < 4.78 is 10.6. The summed E-state index contributed by atoms with van der Waals surface area (Å²) in [6.07, 6.45) is 2.39. The summed E-state index contributed by atoms with van der Waals surface area (Å²) in [5, 5.41) is 3.58. The topological polar surface area (TPSA) is 75.9 Å². The molecule has 136 valence electrons. The third kappa shape index (κ3) is 2.94. The molecule has 1 aromatic carbocycles. The smallest absolute Gasteiger partial charge is 0.411 e. The second kappa shape index (κ2) is 6.82. The molecule has 0 aliphatic carbocycles. The standard InChI is InChI=1S/C19H21N3O4/c1-13-17(14-5-3-2-4-6-14)25-19(24)22(13)15-8-11-21(12-9-15)18(23)16-7-10-20-26-16/h2-7,10,13,15,17H,8-9,11-12H2,1H3/t13-,17-/m0/s1. The Balaban J connectivity index is 1.41. The van der Waals surface area contributed by atoms with Gasteiger partial charge in [-0.2, -0.15) is 0 Å². The van der Waals surface area contributed by atoms with Crippen LogP contribution in [0.25, 0.3) is 0 Å². The highest BCUT2D eigenvalue weighted by atomic mass is 16.6. The van der Waals surface area contributed by atoms with Crippen LogP contribution in [-0.4, -0.2) is 52.1 Å². The van der Waals surface area contributed by atoms with E-state index in [1.54, 1.807) is 11.0 Å². The van der Waals surface area contributed by atoms with E-state index >= 15 is 0 Å². The number of nitrogens with zero attached hydrogens (tertiary/aromatic N) is 3. The fourth-order valence-corrected chi connectivity index (χ4v) is 3.88. The van der Waals surface area contributed by atoms with Gasteiger partial charge in [0.15, 0.2) is 0 Å². The molecule has 7 heteroatoms.